The largest absolute Gasteiger partial charge is 0.466 e. The summed E-state index contributed by atoms with van der Waals surface area (Å²) in [5.74, 6) is -1.31. The van der Waals surface area contributed by atoms with Gasteiger partial charge in [0.25, 0.3) is 11.8 Å². The third kappa shape index (κ3) is 4.51. The van der Waals surface area contributed by atoms with Gasteiger partial charge in [-0.05, 0) is 56.2 Å². The van der Waals surface area contributed by atoms with Gasteiger partial charge in [-0.2, -0.15) is 4.98 Å². The minimum absolute atomic E-state index is 0.102. The molecule has 0 atom stereocenters. The summed E-state index contributed by atoms with van der Waals surface area (Å²) in [4.78, 5) is 59.8. The van der Waals surface area contributed by atoms with Crippen LogP contribution in [0.3, 0.4) is 0 Å². The van der Waals surface area contributed by atoms with Gasteiger partial charge in [-0.1, -0.05) is 12.1 Å². The zero-order valence-electron chi connectivity index (χ0n) is 20.4. The van der Waals surface area contributed by atoms with Crippen LogP contribution in [0.15, 0.2) is 54.9 Å². The number of esters is 1. The highest BCUT2D eigenvalue weighted by Crippen LogP contribution is 2.38. The maximum absolute atomic E-state index is 12.7. The fourth-order valence-corrected chi connectivity index (χ4v) is 4.61. The minimum atomic E-state index is -0.602. The molecule has 12 heteroatoms. The number of imide groups is 1. The van der Waals surface area contributed by atoms with E-state index in [2.05, 4.69) is 9.97 Å². The quantitative estimate of drug-likeness (QED) is 0.196. The highest BCUT2D eigenvalue weighted by Gasteiger charge is 2.36. The highest BCUT2D eigenvalue weighted by molar-refractivity contribution is 6.34. The topological polar surface area (TPSA) is 145 Å². The van der Waals surface area contributed by atoms with E-state index in [1.807, 2.05) is 0 Å². The molecule has 38 heavy (non-hydrogen) atoms. The second-order valence-corrected chi connectivity index (χ2v) is 8.71. The third-order valence-electron chi connectivity index (χ3n) is 6.47. The lowest BCUT2D eigenvalue weighted by atomic mass is 9.97. The fraction of sp³-hybridized carbons (Fsp3) is 0.269. The Morgan fingerprint density at radius 2 is 1.66 bits per heavy atom. The minimum Gasteiger partial charge on any atom is -0.466 e. The van der Waals surface area contributed by atoms with E-state index in [0.29, 0.717) is 49.4 Å². The van der Waals surface area contributed by atoms with E-state index in [4.69, 9.17) is 9.47 Å². The van der Waals surface area contributed by atoms with Crippen LogP contribution in [-0.4, -0.2) is 52.4 Å². The molecule has 1 fully saturated rings. The van der Waals surface area contributed by atoms with E-state index in [-0.39, 0.29) is 29.3 Å². The van der Waals surface area contributed by atoms with Gasteiger partial charge in [0.05, 0.1) is 34.3 Å². The van der Waals surface area contributed by atoms with Crippen molar-refractivity contribution in [3.05, 3.63) is 76.1 Å². The van der Waals surface area contributed by atoms with Crippen molar-refractivity contribution in [3.63, 3.8) is 0 Å². The molecule has 0 unspecified atom stereocenters. The van der Waals surface area contributed by atoms with Gasteiger partial charge in [0, 0.05) is 13.1 Å². The van der Waals surface area contributed by atoms with Gasteiger partial charge in [-0.25, -0.2) is 9.88 Å². The number of nitrogens with zero attached hydrogens (tertiary/aromatic N) is 5. The maximum Gasteiger partial charge on any atom is 0.373 e. The van der Waals surface area contributed by atoms with Crippen LogP contribution < -0.4 is 14.5 Å². The number of nitro groups is 1. The summed E-state index contributed by atoms with van der Waals surface area (Å²) < 4.78 is 10.8. The third-order valence-corrected chi connectivity index (χ3v) is 6.47. The van der Waals surface area contributed by atoms with Crippen LogP contribution in [-0.2, 0) is 9.53 Å². The lowest BCUT2D eigenvalue weighted by Crippen LogP contribution is -2.37. The number of piperidine rings is 1. The van der Waals surface area contributed by atoms with Crippen LogP contribution in [0.4, 0.5) is 17.2 Å². The molecule has 1 aromatic heterocycles. The van der Waals surface area contributed by atoms with E-state index < -0.39 is 22.4 Å². The van der Waals surface area contributed by atoms with Crippen molar-refractivity contribution in [3.8, 4) is 11.6 Å². The molecule has 0 spiro atoms. The normalized spacial score (nSPS) is 15.4. The summed E-state index contributed by atoms with van der Waals surface area (Å²) in [6.45, 7) is 2.82. The molecule has 0 saturated carbocycles. The van der Waals surface area contributed by atoms with Crippen molar-refractivity contribution < 1.29 is 28.8 Å². The lowest BCUT2D eigenvalue weighted by molar-refractivity contribution is -0.385. The molecule has 2 aromatic carbocycles. The molecule has 0 N–H and O–H groups in total. The standard InChI is InChI=1S/C26H23N5O7/c1-2-37-26(34)16-11-13-29(14-12-16)22-21(31(35)36)23(28-15-27-22)38-18-9-7-17(8-10-18)30-24(32)19-5-3-4-6-20(19)25(30)33/h3-10,15-16H,2,11-14H2,1H3. The number of carbonyl (C=O) groups is 3. The average Bonchev–Trinajstić information content (AvgIpc) is 3.19. The van der Waals surface area contributed by atoms with Crippen LogP contribution in [0.25, 0.3) is 0 Å². The molecule has 3 aromatic rings. The number of aromatic nitrogens is 2. The average molecular weight is 517 g/mol. The van der Waals surface area contributed by atoms with Crippen molar-refractivity contribution in [2.24, 2.45) is 5.92 Å². The Kier molecular flexibility index (Phi) is 6.69. The molecule has 0 radical (unpaired) electrons. The SMILES string of the molecule is CCOC(=O)C1CCN(c2ncnc(Oc3ccc(N4C(=O)c5ccccc5C4=O)cc3)c2[N+](=O)[O-])CC1. The smallest absolute Gasteiger partial charge is 0.373 e. The molecule has 194 valence electrons. The summed E-state index contributed by atoms with van der Waals surface area (Å²) in [5, 5.41) is 12.0. The number of ether oxygens (including phenoxy) is 2. The molecule has 2 aliphatic rings. The first-order valence-electron chi connectivity index (χ1n) is 12.1. The Morgan fingerprint density at radius 1 is 1.03 bits per heavy atom. The first kappa shape index (κ1) is 24.8. The number of amides is 2. The first-order valence-corrected chi connectivity index (χ1v) is 12.1. The van der Waals surface area contributed by atoms with E-state index in [1.165, 1.54) is 30.6 Å². The second kappa shape index (κ2) is 10.2. The van der Waals surface area contributed by atoms with Crippen molar-refractivity contribution in [2.45, 2.75) is 19.8 Å². The summed E-state index contributed by atoms with van der Waals surface area (Å²) in [6, 6.07) is 12.6. The van der Waals surface area contributed by atoms with Crippen molar-refractivity contribution in [1.82, 2.24) is 9.97 Å². The number of hydrogen-bond donors (Lipinski definition) is 0. The zero-order chi connectivity index (χ0) is 26.8. The maximum atomic E-state index is 12.7. The molecular weight excluding hydrogens is 494 g/mol. The predicted octanol–water partition coefficient (Wildman–Crippen LogP) is 3.76. The molecule has 1 saturated heterocycles. The first-order chi connectivity index (χ1) is 18.4. The Morgan fingerprint density at radius 3 is 2.24 bits per heavy atom. The molecule has 2 amide bonds. The second-order valence-electron chi connectivity index (χ2n) is 8.71. The fourth-order valence-electron chi connectivity index (χ4n) is 4.61. The van der Waals surface area contributed by atoms with Gasteiger partial charge < -0.3 is 14.4 Å². The van der Waals surface area contributed by atoms with Crippen molar-refractivity contribution in [1.29, 1.82) is 0 Å². The van der Waals surface area contributed by atoms with Crippen LogP contribution in [0, 0.1) is 16.0 Å². The molecule has 12 nitrogen and oxygen atoms in total. The molecular formula is C26H23N5O7. The van der Waals surface area contributed by atoms with Crippen LogP contribution >= 0.6 is 0 Å². The highest BCUT2D eigenvalue weighted by atomic mass is 16.6. The van der Waals surface area contributed by atoms with Gasteiger partial charge in [-0.15, -0.1) is 0 Å². The van der Waals surface area contributed by atoms with E-state index in [1.54, 1.807) is 36.1 Å². The van der Waals surface area contributed by atoms with E-state index in [9.17, 15) is 24.5 Å². The molecule has 0 aliphatic carbocycles. The molecule has 2 aliphatic heterocycles. The number of carbonyl (C=O) groups excluding carboxylic acids is 3. The van der Waals surface area contributed by atoms with Gasteiger partial charge >= 0.3 is 17.5 Å². The van der Waals surface area contributed by atoms with Gasteiger partial charge in [0.1, 0.15) is 12.1 Å². The predicted molar refractivity (Wildman–Crippen MR) is 134 cm³/mol. The van der Waals surface area contributed by atoms with Crippen molar-refractivity contribution >= 4 is 35.0 Å². The van der Waals surface area contributed by atoms with Crippen molar-refractivity contribution in [2.75, 3.05) is 29.5 Å². The van der Waals surface area contributed by atoms with E-state index >= 15 is 0 Å². The number of fused-ring (bicyclic) bond motifs is 1. The lowest BCUT2D eigenvalue weighted by Gasteiger charge is -2.31. The zero-order valence-corrected chi connectivity index (χ0v) is 20.4. The van der Waals surface area contributed by atoms with Gasteiger partial charge in [-0.3, -0.25) is 24.5 Å². The molecule has 3 heterocycles. The van der Waals surface area contributed by atoms with Crippen LogP contribution in [0.2, 0.25) is 0 Å². The Bertz CT molecular complexity index is 1380. The molecule has 5 rings (SSSR count). The Labute approximate surface area is 217 Å². The number of benzene rings is 2. The van der Waals surface area contributed by atoms with Crippen LogP contribution in [0.5, 0.6) is 11.6 Å². The summed E-state index contributed by atoms with van der Waals surface area (Å²) >= 11 is 0. The number of rotatable bonds is 7. The Hall–Kier alpha value is -4.87. The molecule has 0 bridgehead atoms. The van der Waals surface area contributed by atoms with Gasteiger partial charge in [0.15, 0.2) is 0 Å². The summed E-state index contributed by atoms with van der Waals surface area (Å²) in [5.41, 5.74) is 0.596. The number of hydrogen-bond acceptors (Lipinski definition) is 10. The van der Waals surface area contributed by atoms with Crippen LogP contribution in [0.1, 0.15) is 40.5 Å². The summed E-state index contributed by atoms with van der Waals surface area (Å²) in [6.07, 6.45) is 2.15. The summed E-state index contributed by atoms with van der Waals surface area (Å²) in [7, 11) is 0. The van der Waals surface area contributed by atoms with Gasteiger partial charge in [0.2, 0.25) is 5.82 Å². The Balaban J connectivity index is 1.34. The number of anilines is 2. The van der Waals surface area contributed by atoms with E-state index in [0.717, 1.165) is 4.90 Å². The monoisotopic (exact) mass is 517 g/mol.